The van der Waals surface area contributed by atoms with Gasteiger partial charge >= 0.3 is 0 Å². The van der Waals surface area contributed by atoms with Crippen LogP contribution in [0.1, 0.15) is 42.8 Å². The Morgan fingerprint density at radius 1 is 1.30 bits per heavy atom. The largest absolute Gasteiger partial charge is 0.298 e. The summed E-state index contributed by atoms with van der Waals surface area (Å²) in [6, 6.07) is 8.02. The molecule has 0 radical (unpaired) electrons. The molecule has 0 amide bonds. The minimum Gasteiger partial charge on any atom is -0.298 e. The molecule has 1 aromatic carbocycles. The molecule has 20 heavy (non-hydrogen) atoms. The maximum absolute atomic E-state index is 11.6. The Balaban J connectivity index is 2.11. The van der Waals surface area contributed by atoms with E-state index in [2.05, 4.69) is 16.3 Å². The molecule has 1 unspecified atom stereocenters. The molecule has 6 nitrogen and oxygen atoms in total. The summed E-state index contributed by atoms with van der Waals surface area (Å²) < 4.78 is 24.8. The van der Waals surface area contributed by atoms with Gasteiger partial charge in [-0.3, -0.25) is 4.57 Å². The van der Waals surface area contributed by atoms with Gasteiger partial charge in [0.2, 0.25) is 0 Å². The van der Waals surface area contributed by atoms with Crippen LogP contribution in [0.2, 0.25) is 0 Å². The van der Waals surface area contributed by atoms with Gasteiger partial charge in [0.1, 0.15) is 5.82 Å². The van der Waals surface area contributed by atoms with Crippen LogP contribution in [0.15, 0.2) is 29.4 Å². The zero-order chi connectivity index (χ0) is 14.5. The van der Waals surface area contributed by atoms with Crippen LogP contribution in [0.5, 0.6) is 0 Å². The Kier molecular flexibility index (Phi) is 2.91. The van der Waals surface area contributed by atoms with E-state index in [-0.39, 0.29) is 17.1 Å². The predicted molar refractivity (Wildman–Crippen MR) is 73.8 cm³/mol. The van der Waals surface area contributed by atoms with Crippen molar-refractivity contribution in [3.05, 3.63) is 41.2 Å². The first kappa shape index (κ1) is 13.3. The second-order valence-electron chi connectivity index (χ2n) is 5.31. The SMILES string of the molecule is CC(C)n1c(C2Cc3ccccc32)nnc1S(N)(=O)=O. The Bertz CT molecular complexity index is 764. The summed E-state index contributed by atoms with van der Waals surface area (Å²) in [4.78, 5) is 0. The lowest BCUT2D eigenvalue weighted by molar-refractivity contribution is 0.484. The molecule has 1 aromatic heterocycles. The minimum atomic E-state index is -3.86. The molecule has 2 N–H and O–H groups in total. The van der Waals surface area contributed by atoms with Gasteiger partial charge < -0.3 is 0 Å². The molecule has 0 bridgehead atoms. The third-order valence-corrected chi connectivity index (χ3v) is 4.42. The summed E-state index contributed by atoms with van der Waals surface area (Å²) in [5.41, 5.74) is 2.45. The molecule has 0 saturated carbocycles. The molecule has 1 aliphatic carbocycles. The second kappa shape index (κ2) is 4.39. The number of nitrogens with two attached hydrogens (primary N) is 1. The molecule has 2 aromatic rings. The molecule has 0 spiro atoms. The van der Waals surface area contributed by atoms with Gasteiger partial charge in [0.25, 0.3) is 15.2 Å². The number of nitrogens with zero attached hydrogens (tertiary/aromatic N) is 3. The van der Waals surface area contributed by atoms with Crippen molar-refractivity contribution >= 4 is 10.0 Å². The van der Waals surface area contributed by atoms with Gasteiger partial charge in [0.15, 0.2) is 0 Å². The van der Waals surface area contributed by atoms with Crippen molar-refractivity contribution in [2.24, 2.45) is 5.14 Å². The highest BCUT2D eigenvalue weighted by Crippen LogP contribution is 2.40. The number of sulfonamides is 1. The molecule has 106 valence electrons. The van der Waals surface area contributed by atoms with Crippen LogP contribution < -0.4 is 5.14 Å². The lowest BCUT2D eigenvalue weighted by Gasteiger charge is -2.30. The van der Waals surface area contributed by atoms with E-state index >= 15 is 0 Å². The van der Waals surface area contributed by atoms with Crippen molar-refractivity contribution in [1.82, 2.24) is 14.8 Å². The van der Waals surface area contributed by atoms with Crippen molar-refractivity contribution in [2.75, 3.05) is 0 Å². The van der Waals surface area contributed by atoms with Gasteiger partial charge in [-0.05, 0) is 31.4 Å². The second-order valence-corrected chi connectivity index (χ2v) is 6.76. The number of rotatable bonds is 3. The molecule has 0 fully saturated rings. The lowest BCUT2D eigenvalue weighted by Crippen LogP contribution is -2.25. The van der Waals surface area contributed by atoms with E-state index in [0.29, 0.717) is 5.82 Å². The molecule has 0 saturated heterocycles. The van der Waals surface area contributed by atoms with Gasteiger partial charge in [0, 0.05) is 12.0 Å². The molecule has 7 heteroatoms. The lowest BCUT2D eigenvalue weighted by atomic mass is 9.77. The van der Waals surface area contributed by atoms with E-state index in [1.165, 1.54) is 11.1 Å². The maximum atomic E-state index is 11.6. The standard InChI is InChI=1S/C13H16N4O2S/c1-8(2)17-12(15-16-13(17)20(14,18)19)11-7-9-5-3-4-6-10(9)11/h3-6,8,11H,7H2,1-2H3,(H2,14,18,19). The number of hydrogen-bond acceptors (Lipinski definition) is 4. The van der Waals surface area contributed by atoms with Crippen molar-refractivity contribution in [2.45, 2.75) is 37.4 Å². The van der Waals surface area contributed by atoms with Gasteiger partial charge in [-0.1, -0.05) is 24.3 Å². The Hall–Kier alpha value is -1.73. The van der Waals surface area contributed by atoms with Gasteiger partial charge in [-0.25, -0.2) is 13.6 Å². The van der Waals surface area contributed by atoms with Crippen molar-refractivity contribution < 1.29 is 8.42 Å². The van der Waals surface area contributed by atoms with E-state index < -0.39 is 10.0 Å². The first-order valence-corrected chi connectivity index (χ1v) is 7.99. The number of fused-ring (bicyclic) bond motifs is 1. The fraction of sp³-hybridized carbons (Fsp3) is 0.385. The van der Waals surface area contributed by atoms with E-state index in [0.717, 1.165) is 6.42 Å². The Labute approximate surface area is 117 Å². The fourth-order valence-electron chi connectivity index (χ4n) is 2.69. The Morgan fingerprint density at radius 3 is 2.60 bits per heavy atom. The van der Waals surface area contributed by atoms with Crippen LogP contribution in [0.25, 0.3) is 0 Å². The topological polar surface area (TPSA) is 90.9 Å². The van der Waals surface area contributed by atoms with E-state index in [4.69, 9.17) is 5.14 Å². The predicted octanol–water partition coefficient (Wildman–Crippen LogP) is 1.19. The summed E-state index contributed by atoms with van der Waals surface area (Å²) in [6.07, 6.45) is 0.853. The molecule has 1 atom stereocenters. The van der Waals surface area contributed by atoms with Crippen molar-refractivity contribution in [1.29, 1.82) is 0 Å². The third-order valence-electron chi connectivity index (χ3n) is 3.63. The quantitative estimate of drug-likeness (QED) is 0.920. The average molecular weight is 292 g/mol. The molecule has 3 rings (SSSR count). The van der Waals surface area contributed by atoms with Gasteiger partial charge in [-0.15, -0.1) is 10.2 Å². The number of aromatic nitrogens is 3. The summed E-state index contributed by atoms with van der Waals surface area (Å²) in [5.74, 6) is 0.763. The summed E-state index contributed by atoms with van der Waals surface area (Å²) in [5, 5.41) is 12.9. The summed E-state index contributed by atoms with van der Waals surface area (Å²) in [7, 11) is -3.86. The summed E-state index contributed by atoms with van der Waals surface area (Å²) in [6.45, 7) is 3.79. The van der Waals surface area contributed by atoms with Crippen molar-refractivity contribution in [3.63, 3.8) is 0 Å². The minimum absolute atomic E-state index is 0.0684. The monoisotopic (exact) mass is 292 g/mol. The smallest absolute Gasteiger partial charge is 0.273 e. The average Bonchev–Trinajstić information content (AvgIpc) is 2.75. The van der Waals surface area contributed by atoms with Crippen LogP contribution in [0.3, 0.4) is 0 Å². The van der Waals surface area contributed by atoms with Crippen LogP contribution in [0.4, 0.5) is 0 Å². The third kappa shape index (κ3) is 1.94. The van der Waals surface area contributed by atoms with Crippen LogP contribution in [-0.4, -0.2) is 23.2 Å². The highest BCUT2D eigenvalue weighted by atomic mass is 32.2. The van der Waals surface area contributed by atoms with Gasteiger partial charge in [0.05, 0.1) is 0 Å². The highest BCUT2D eigenvalue weighted by molar-refractivity contribution is 7.89. The molecule has 1 heterocycles. The van der Waals surface area contributed by atoms with Crippen LogP contribution >= 0.6 is 0 Å². The number of benzene rings is 1. The van der Waals surface area contributed by atoms with E-state index in [9.17, 15) is 8.42 Å². The number of primary sulfonamides is 1. The molecule has 1 aliphatic rings. The molecular formula is C13H16N4O2S. The van der Waals surface area contributed by atoms with Gasteiger partial charge in [-0.2, -0.15) is 0 Å². The molecule has 0 aliphatic heterocycles. The van der Waals surface area contributed by atoms with Crippen molar-refractivity contribution in [3.8, 4) is 0 Å². The van der Waals surface area contributed by atoms with E-state index in [1.54, 1.807) is 4.57 Å². The first-order chi connectivity index (χ1) is 9.39. The fourth-order valence-corrected chi connectivity index (χ4v) is 3.43. The Morgan fingerprint density at radius 2 is 2.00 bits per heavy atom. The first-order valence-electron chi connectivity index (χ1n) is 6.45. The normalized spacial score (nSPS) is 17.9. The zero-order valence-corrected chi connectivity index (χ0v) is 12.1. The van der Waals surface area contributed by atoms with E-state index in [1.807, 2.05) is 32.0 Å². The van der Waals surface area contributed by atoms with Crippen LogP contribution in [0, 0.1) is 0 Å². The molecular weight excluding hydrogens is 276 g/mol. The highest BCUT2D eigenvalue weighted by Gasteiger charge is 2.34. The zero-order valence-electron chi connectivity index (χ0n) is 11.3. The maximum Gasteiger partial charge on any atom is 0.273 e. The summed E-state index contributed by atoms with van der Waals surface area (Å²) >= 11 is 0. The number of hydrogen-bond donors (Lipinski definition) is 1. The van der Waals surface area contributed by atoms with Crippen LogP contribution in [-0.2, 0) is 16.4 Å².